The minimum Gasteiger partial charge on any atom is -0.493 e. The van der Waals surface area contributed by atoms with Gasteiger partial charge in [0.2, 0.25) is 11.8 Å². The molecule has 2 aromatic rings. The number of ether oxygens (including phenoxy) is 1. The highest BCUT2D eigenvalue weighted by atomic mass is 16.5. The van der Waals surface area contributed by atoms with Gasteiger partial charge in [0.1, 0.15) is 5.75 Å². The second-order valence-corrected chi connectivity index (χ2v) is 7.35. The van der Waals surface area contributed by atoms with Gasteiger partial charge in [-0.05, 0) is 54.4 Å². The van der Waals surface area contributed by atoms with E-state index in [2.05, 4.69) is 29.8 Å². The van der Waals surface area contributed by atoms with Crippen LogP contribution in [0.3, 0.4) is 0 Å². The molecule has 0 aliphatic rings. The van der Waals surface area contributed by atoms with Gasteiger partial charge >= 0.3 is 0 Å². The van der Waals surface area contributed by atoms with Crippen LogP contribution >= 0.6 is 0 Å². The second-order valence-electron chi connectivity index (χ2n) is 7.35. The van der Waals surface area contributed by atoms with Crippen molar-refractivity contribution in [3.63, 3.8) is 0 Å². The maximum Gasteiger partial charge on any atom is 0.243 e. The summed E-state index contributed by atoms with van der Waals surface area (Å²) in [7, 11) is 0. The summed E-state index contributed by atoms with van der Waals surface area (Å²) < 4.78 is 5.63. The van der Waals surface area contributed by atoms with Crippen molar-refractivity contribution in [3.8, 4) is 5.75 Å². The summed E-state index contributed by atoms with van der Waals surface area (Å²) in [5, 5.41) is 8.73. The molecule has 2 aromatic carbocycles. The number of benzene rings is 2. The molecule has 150 valence electrons. The third kappa shape index (κ3) is 7.31. The first kappa shape index (κ1) is 21.3. The van der Waals surface area contributed by atoms with Crippen LogP contribution in [0.1, 0.15) is 27.7 Å². The Morgan fingerprint density at radius 2 is 1.36 bits per heavy atom. The summed E-state index contributed by atoms with van der Waals surface area (Å²) in [5.74, 6) is 1.01. The van der Waals surface area contributed by atoms with E-state index in [-0.39, 0.29) is 24.3 Å². The van der Waals surface area contributed by atoms with E-state index in [1.165, 1.54) is 0 Å². The van der Waals surface area contributed by atoms with Crippen molar-refractivity contribution in [1.82, 2.24) is 0 Å². The minimum atomic E-state index is -0.145. The molecule has 6 nitrogen and oxygen atoms in total. The quantitative estimate of drug-likeness (QED) is 0.601. The summed E-state index contributed by atoms with van der Waals surface area (Å²) in [6, 6.07) is 14.6. The Labute approximate surface area is 166 Å². The molecule has 2 amide bonds. The number of amides is 2. The van der Waals surface area contributed by atoms with Gasteiger partial charge in [-0.2, -0.15) is 0 Å². The van der Waals surface area contributed by atoms with Gasteiger partial charge < -0.3 is 20.7 Å². The van der Waals surface area contributed by atoms with Crippen LogP contribution in [0.2, 0.25) is 0 Å². The monoisotopic (exact) mass is 383 g/mol. The molecule has 6 heteroatoms. The third-order valence-corrected chi connectivity index (χ3v) is 3.85. The highest BCUT2D eigenvalue weighted by molar-refractivity contribution is 5.94. The lowest BCUT2D eigenvalue weighted by molar-refractivity contribution is -0.119. The number of nitrogens with one attached hydrogen (secondary N) is 3. The largest absolute Gasteiger partial charge is 0.493 e. The Kier molecular flexibility index (Phi) is 7.87. The molecule has 0 radical (unpaired) electrons. The SMILES string of the molecule is CC(C)COc1ccc(NC(=O)CNc2ccc(NC(=O)C(C)C)cc2)cc1. The van der Waals surface area contributed by atoms with Crippen LogP contribution in [0.5, 0.6) is 5.75 Å². The molecule has 3 N–H and O–H groups in total. The Bertz CT molecular complexity index is 769. The van der Waals surface area contributed by atoms with Crippen molar-refractivity contribution < 1.29 is 14.3 Å². The highest BCUT2D eigenvalue weighted by Crippen LogP contribution is 2.17. The predicted molar refractivity (Wildman–Crippen MR) is 114 cm³/mol. The van der Waals surface area contributed by atoms with Crippen molar-refractivity contribution in [3.05, 3.63) is 48.5 Å². The Morgan fingerprint density at radius 3 is 1.93 bits per heavy atom. The molecular weight excluding hydrogens is 354 g/mol. The van der Waals surface area contributed by atoms with Crippen LogP contribution < -0.4 is 20.7 Å². The molecule has 0 bridgehead atoms. The van der Waals surface area contributed by atoms with Crippen molar-refractivity contribution in [2.24, 2.45) is 11.8 Å². The van der Waals surface area contributed by atoms with E-state index < -0.39 is 0 Å². The van der Waals surface area contributed by atoms with Gasteiger partial charge in [0.05, 0.1) is 13.2 Å². The fraction of sp³-hybridized carbons (Fsp3) is 0.364. The van der Waals surface area contributed by atoms with Gasteiger partial charge in [-0.25, -0.2) is 0 Å². The summed E-state index contributed by atoms with van der Waals surface area (Å²) in [6.07, 6.45) is 0. The van der Waals surface area contributed by atoms with E-state index >= 15 is 0 Å². The van der Waals surface area contributed by atoms with Crippen molar-refractivity contribution in [1.29, 1.82) is 0 Å². The lowest BCUT2D eigenvalue weighted by Gasteiger charge is -2.11. The minimum absolute atomic E-state index is 0.0271. The van der Waals surface area contributed by atoms with Gasteiger partial charge in [0.25, 0.3) is 0 Å². The highest BCUT2D eigenvalue weighted by Gasteiger charge is 2.07. The van der Waals surface area contributed by atoms with Crippen molar-refractivity contribution in [2.45, 2.75) is 27.7 Å². The maximum absolute atomic E-state index is 12.1. The second kappa shape index (κ2) is 10.3. The van der Waals surface area contributed by atoms with Gasteiger partial charge in [-0.15, -0.1) is 0 Å². The average molecular weight is 383 g/mol. The fourth-order valence-corrected chi connectivity index (χ4v) is 2.24. The van der Waals surface area contributed by atoms with Gasteiger partial charge in [0.15, 0.2) is 0 Å². The number of rotatable bonds is 9. The van der Waals surface area contributed by atoms with Crippen molar-refractivity contribution >= 4 is 28.9 Å². The van der Waals surface area contributed by atoms with Gasteiger partial charge in [-0.3, -0.25) is 9.59 Å². The zero-order chi connectivity index (χ0) is 20.5. The van der Waals surface area contributed by atoms with Crippen LogP contribution in [-0.4, -0.2) is 25.0 Å². The van der Waals surface area contributed by atoms with Gasteiger partial charge in [-0.1, -0.05) is 27.7 Å². The predicted octanol–water partition coefficient (Wildman–Crippen LogP) is 4.37. The fourth-order valence-electron chi connectivity index (χ4n) is 2.24. The van der Waals surface area contributed by atoms with Crippen LogP contribution in [0.4, 0.5) is 17.1 Å². The summed E-state index contributed by atoms with van der Waals surface area (Å²) in [5.41, 5.74) is 2.25. The zero-order valence-corrected chi connectivity index (χ0v) is 16.9. The molecule has 2 rings (SSSR count). The molecule has 0 heterocycles. The van der Waals surface area contributed by atoms with Crippen LogP contribution in [-0.2, 0) is 9.59 Å². The Hall–Kier alpha value is -3.02. The molecule has 0 saturated heterocycles. The van der Waals surface area contributed by atoms with E-state index in [0.29, 0.717) is 12.5 Å². The van der Waals surface area contributed by atoms with E-state index in [0.717, 1.165) is 22.8 Å². The first-order valence-corrected chi connectivity index (χ1v) is 9.51. The van der Waals surface area contributed by atoms with E-state index in [4.69, 9.17) is 4.74 Å². The zero-order valence-electron chi connectivity index (χ0n) is 16.9. The molecule has 0 atom stereocenters. The average Bonchev–Trinajstić information content (AvgIpc) is 2.66. The summed E-state index contributed by atoms with van der Waals surface area (Å²) in [6.45, 7) is 8.68. The van der Waals surface area contributed by atoms with E-state index in [1.807, 2.05) is 50.2 Å². The first-order chi connectivity index (χ1) is 13.3. The van der Waals surface area contributed by atoms with Crippen LogP contribution in [0.15, 0.2) is 48.5 Å². The third-order valence-electron chi connectivity index (χ3n) is 3.85. The summed E-state index contributed by atoms with van der Waals surface area (Å²) in [4.78, 5) is 23.8. The molecule has 0 aromatic heterocycles. The lowest BCUT2D eigenvalue weighted by atomic mass is 10.2. The number of hydrogen-bond donors (Lipinski definition) is 3. The standard InChI is InChI=1S/C22H29N3O3/c1-15(2)14-28-20-11-9-18(10-12-20)24-21(26)13-23-17-5-7-19(8-6-17)25-22(27)16(3)4/h5-12,15-16,23H,13-14H2,1-4H3,(H,24,26)(H,25,27). The van der Waals surface area contributed by atoms with Crippen LogP contribution in [0, 0.1) is 11.8 Å². The topological polar surface area (TPSA) is 79.5 Å². The first-order valence-electron chi connectivity index (χ1n) is 9.51. The number of carbonyl (C=O) groups excluding carboxylic acids is 2. The van der Waals surface area contributed by atoms with Crippen molar-refractivity contribution in [2.75, 3.05) is 29.1 Å². The molecular formula is C22H29N3O3. The van der Waals surface area contributed by atoms with Gasteiger partial charge in [0, 0.05) is 23.0 Å². The lowest BCUT2D eigenvalue weighted by Crippen LogP contribution is -2.21. The molecule has 0 unspecified atom stereocenters. The normalized spacial score (nSPS) is 10.6. The molecule has 0 saturated carbocycles. The molecule has 0 aliphatic heterocycles. The number of carbonyl (C=O) groups is 2. The molecule has 0 spiro atoms. The summed E-state index contributed by atoms with van der Waals surface area (Å²) >= 11 is 0. The molecule has 28 heavy (non-hydrogen) atoms. The number of anilines is 3. The smallest absolute Gasteiger partial charge is 0.243 e. The maximum atomic E-state index is 12.1. The van der Waals surface area contributed by atoms with E-state index in [9.17, 15) is 9.59 Å². The Balaban J connectivity index is 1.78. The number of hydrogen-bond acceptors (Lipinski definition) is 4. The Morgan fingerprint density at radius 1 is 0.821 bits per heavy atom. The molecule has 0 fully saturated rings. The van der Waals surface area contributed by atoms with E-state index in [1.54, 1.807) is 12.1 Å². The van der Waals surface area contributed by atoms with Crippen LogP contribution in [0.25, 0.3) is 0 Å². The molecule has 0 aliphatic carbocycles.